The number of nitrogens with zero attached hydrogens (tertiary/aromatic N) is 1. The molecule has 0 saturated heterocycles. The number of para-hydroxylation sites is 1. The second-order valence-electron chi connectivity index (χ2n) is 14.1. The highest BCUT2D eigenvalue weighted by molar-refractivity contribution is 6.23. The van der Waals surface area contributed by atoms with Gasteiger partial charge in [0.15, 0.2) is 0 Å². The minimum atomic E-state index is -0.0839. The maximum absolute atomic E-state index is 6.12. The minimum absolute atomic E-state index is 0.0839. The number of rotatable bonds is 2. The number of fused-ring (bicyclic) bond motifs is 13. The lowest BCUT2D eigenvalue weighted by molar-refractivity contribution is 0.661. The Morgan fingerprint density at radius 2 is 1.14 bits per heavy atom. The van der Waals surface area contributed by atoms with E-state index >= 15 is 0 Å². The summed E-state index contributed by atoms with van der Waals surface area (Å²) < 4.78 is 8.63. The Morgan fingerprint density at radius 1 is 0.449 bits per heavy atom. The van der Waals surface area contributed by atoms with E-state index in [-0.39, 0.29) is 5.41 Å². The summed E-state index contributed by atoms with van der Waals surface area (Å²) in [6.07, 6.45) is 0. The van der Waals surface area contributed by atoms with E-state index in [0.29, 0.717) is 0 Å². The fourth-order valence-electron chi connectivity index (χ4n) is 8.76. The largest absolute Gasteiger partial charge is 0.456 e. The second kappa shape index (κ2) is 9.49. The lowest BCUT2D eigenvalue weighted by atomic mass is 9.82. The SMILES string of the molecule is CC1(C)c2ccccc2-c2cc3c4ccc5c6ccccc6ccc5c4n(-c4ccc(-c5ccc6oc7ccccc7c6c5)cc4)c3cc21. The van der Waals surface area contributed by atoms with Crippen molar-refractivity contribution in [2.45, 2.75) is 19.3 Å². The van der Waals surface area contributed by atoms with Gasteiger partial charge in [0, 0.05) is 38.0 Å². The van der Waals surface area contributed by atoms with Gasteiger partial charge in [-0.05, 0) is 92.0 Å². The van der Waals surface area contributed by atoms with Crippen LogP contribution in [0.4, 0.5) is 0 Å². The van der Waals surface area contributed by atoms with Crippen molar-refractivity contribution in [2.75, 3.05) is 0 Å². The number of furan rings is 1. The maximum Gasteiger partial charge on any atom is 0.135 e. The Morgan fingerprint density at radius 3 is 2.04 bits per heavy atom. The molecule has 2 heterocycles. The van der Waals surface area contributed by atoms with E-state index in [2.05, 4.69) is 158 Å². The molecule has 2 nitrogen and oxygen atoms in total. The lowest BCUT2D eigenvalue weighted by Gasteiger charge is -2.21. The fraction of sp³-hybridized carbons (Fsp3) is 0.0638. The molecule has 0 bridgehead atoms. The maximum atomic E-state index is 6.12. The van der Waals surface area contributed by atoms with E-state index in [0.717, 1.165) is 27.6 Å². The molecule has 2 heteroatoms. The van der Waals surface area contributed by atoms with Crippen LogP contribution in [0.1, 0.15) is 25.0 Å². The van der Waals surface area contributed by atoms with Crippen LogP contribution in [-0.2, 0) is 5.41 Å². The van der Waals surface area contributed by atoms with Crippen molar-refractivity contribution < 1.29 is 4.42 Å². The molecule has 49 heavy (non-hydrogen) atoms. The molecule has 0 atom stereocenters. The van der Waals surface area contributed by atoms with Gasteiger partial charge in [-0.3, -0.25) is 0 Å². The molecule has 1 aliphatic carbocycles. The summed E-state index contributed by atoms with van der Waals surface area (Å²) in [4.78, 5) is 0. The first-order valence-electron chi connectivity index (χ1n) is 17.1. The van der Waals surface area contributed by atoms with Gasteiger partial charge in [0.05, 0.1) is 11.0 Å². The Kier molecular flexibility index (Phi) is 5.21. The van der Waals surface area contributed by atoms with Crippen LogP contribution in [0.3, 0.4) is 0 Å². The molecule has 0 saturated carbocycles. The number of hydrogen-bond donors (Lipinski definition) is 0. The predicted octanol–water partition coefficient (Wildman–Crippen LogP) is 13.0. The third-order valence-electron chi connectivity index (χ3n) is 11.2. The zero-order valence-electron chi connectivity index (χ0n) is 27.3. The minimum Gasteiger partial charge on any atom is -0.456 e. The van der Waals surface area contributed by atoms with Gasteiger partial charge in [-0.25, -0.2) is 0 Å². The first-order chi connectivity index (χ1) is 24.0. The topological polar surface area (TPSA) is 18.1 Å². The molecule has 11 rings (SSSR count). The van der Waals surface area contributed by atoms with Gasteiger partial charge in [0.1, 0.15) is 11.2 Å². The molecule has 0 amide bonds. The van der Waals surface area contributed by atoms with E-state index in [4.69, 9.17) is 4.42 Å². The standard InChI is InChI=1S/C47H31NO/c1-47(2)41-13-7-5-11-34(41)38-26-39-37-23-22-33-32-10-4-3-9-29(32)17-21-36(33)46(37)48(43(39)27-42(38)47)31-19-15-28(16-20-31)30-18-24-45-40(25-30)35-12-6-8-14-44(35)49-45/h3-27H,1-2H3. The highest BCUT2D eigenvalue weighted by Gasteiger charge is 2.36. The average molecular weight is 626 g/mol. The van der Waals surface area contributed by atoms with Crippen molar-refractivity contribution in [2.24, 2.45) is 0 Å². The lowest BCUT2D eigenvalue weighted by Crippen LogP contribution is -2.14. The molecule has 8 aromatic carbocycles. The molecule has 0 radical (unpaired) electrons. The predicted molar refractivity (Wildman–Crippen MR) is 206 cm³/mol. The van der Waals surface area contributed by atoms with E-state index in [9.17, 15) is 0 Å². The molecule has 2 aromatic heterocycles. The van der Waals surface area contributed by atoms with Crippen molar-refractivity contribution in [3.05, 3.63) is 163 Å². The zero-order valence-corrected chi connectivity index (χ0v) is 27.3. The van der Waals surface area contributed by atoms with Crippen LogP contribution in [0.2, 0.25) is 0 Å². The Labute approximate surface area is 283 Å². The van der Waals surface area contributed by atoms with Crippen LogP contribution in [0.15, 0.2) is 156 Å². The average Bonchev–Trinajstić information content (AvgIpc) is 3.76. The van der Waals surface area contributed by atoms with E-state index in [1.54, 1.807) is 0 Å². The van der Waals surface area contributed by atoms with Crippen molar-refractivity contribution in [3.63, 3.8) is 0 Å². The summed E-state index contributed by atoms with van der Waals surface area (Å²) in [5, 5.41) is 9.98. The van der Waals surface area contributed by atoms with Crippen LogP contribution in [0.5, 0.6) is 0 Å². The van der Waals surface area contributed by atoms with Gasteiger partial charge in [-0.1, -0.05) is 123 Å². The van der Waals surface area contributed by atoms with Crippen LogP contribution >= 0.6 is 0 Å². The molecule has 0 fully saturated rings. The van der Waals surface area contributed by atoms with Gasteiger partial charge in [-0.2, -0.15) is 0 Å². The molecule has 0 N–H and O–H groups in total. The monoisotopic (exact) mass is 625 g/mol. The summed E-state index contributed by atoms with van der Waals surface area (Å²) >= 11 is 0. The summed E-state index contributed by atoms with van der Waals surface area (Å²) in [5.41, 5.74) is 13.3. The zero-order chi connectivity index (χ0) is 32.4. The highest BCUT2D eigenvalue weighted by Crippen LogP contribution is 2.51. The second-order valence-corrected chi connectivity index (χ2v) is 14.1. The summed E-state index contributed by atoms with van der Waals surface area (Å²) in [7, 11) is 0. The third-order valence-corrected chi connectivity index (χ3v) is 11.2. The first kappa shape index (κ1) is 26.9. The summed E-state index contributed by atoms with van der Waals surface area (Å²) in [6, 6.07) is 55.8. The quantitative estimate of drug-likeness (QED) is 0.175. The van der Waals surface area contributed by atoms with Gasteiger partial charge >= 0.3 is 0 Å². The normalized spacial score (nSPS) is 13.7. The molecule has 1 aliphatic rings. The van der Waals surface area contributed by atoms with Crippen molar-refractivity contribution in [1.82, 2.24) is 4.57 Å². The van der Waals surface area contributed by atoms with Crippen LogP contribution in [0.25, 0.3) is 93.2 Å². The van der Waals surface area contributed by atoms with Gasteiger partial charge in [-0.15, -0.1) is 0 Å². The molecule has 10 aromatic rings. The number of hydrogen-bond acceptors (Lipinski definition) is 1. The Balaban J connectivity index is 1.18. The number of aromatic nitrogens is 1. The molecule has 230 valence electrons. The van der Waals surface area contributed by atoms with Crippen molar-refractivity contribution in [1.29, 1.82) is 0 Å². The van der Waals surface area contributed by atoms with Crippen molar-refractivity contribution >= 4 is 65.3 Å². The number of benzene rings is 8. The van der Waals surface area contributed by atoms with E-state index in [1.165, 1.54) is 76.7 Å². The summed E-state index contributed by atoms with van der Waals surface area (Å²) in [6.45, 7) is 4.74. The van der Waals surface area contributed by atoms with E-state index in [1.807, 2.05) is 12.1 Å². The van der Waals surface area contributed by atoms with Gasteiger partial charge in [0.2, 0.25) is 0 Å². The van der Waals surface area contributed by atoms with Crippen LogP contribution < -0.4 is 0 Å². The first-order valence-corrected chi connectivity index (χ1v) is 17.1. The Hall–Kier alpha value is -6.12. The van der Waals surface area contributed by atoms with Crippen molar-refractivity contribution in [3.8, 4) is 27.9 Å². The third kappa shape index (κ3) is 3.61. The molecular weight excluding hydrogens is 595 g/mol. The smallest absolute Gasteiger partial charge is 0.135 e. The molecule has 0 aliphatic heterocycles. The van der Waals surface area contributed by atoms with Crippen LogP contribution in [0, 0.1) is 0 Å². The Bertz CT molecular complexity index is 3010. The highest BCUT2D eigenvalue weighted by atomic mass is 16.3. The van der Waals surface area contributed by atoms with Gasteiger partial charge < -0.3 is 8.98 Å². The molecule has 0 spiro atoms. The molecule has 0 unspecified atom stereocenters. The van der Waals surface area contributed by atoms with E-state index < -0.39 is 0 Å². The van der Waals surface area contributed by atoms with Gasteiger partial charge in [0.25, 0.3) is 0 Å². The fourth-order valence-corrected chi connectivity index (χ4v) is 8.76. The van der Waals surface area contributed by atoms with Crippen LogP contribution in [-0.4, -0.2) is 4.57 Å². The molecular formula is C47H31NO. The summed E-state index contributed by atoms with van der Waals surface area (Å²) in [5.74, 6) is 0.